The van der Waals surface area contributed by atoms with Crippen molar-refractivity contribution >= 4 is 0 Å². The van der Waals surface area contributed by atoms with E-state index in [1.54, 1.807) is 0 Å². The Hall–Kier alpha value is -1.68. The highest BCUT2D eigenvalue weighted by Crippen LogP contribution is 1.96. The quantitative estimate of drug-likeness (QED) is 0.733. The van der Waals surface area contributed by atoms with Crippen LogP contribution in [0.1, 0.15) is 12.0 Å². The van der Waals surface area contributed by atoms with Crippen molar-refractivity contribution in [2.24, 2.45) is 0 Å². The monoisotopic (exact) mass is 230 g/mol. The molecule has 2 rings (SSSR count). The number of rotatable bonds is 7. The molecular formula is C13H18N4. The predicted octanol–water partition coefficient (Wildman–Crippen LogP) is 1.50. The number of aromatic nitrogens is 3. The lowest BCUT2D eigenvalue weighted by atomic mass is 10.2. The summed E-state index contributed by atoms with van der Waals surface area (Å²) < 4.78 is 2.10. The summed E-state index contributed by atoms with van der Waals surface area (Å²) in [6.07, 6.45) is 11.5. The van der Waals surface area contributed by atoms with Crippen LogP contribution in [0.4, 0.5) is 0 Å². The lowest BCUT2D eigenvalue weighted by molar-refractivity contribution is 0.581. The van der Waals surface area contributed by atoms with Gasteiger partial charge >= 0.3 is 0 Å². The van der Waals surface area contributed by atoms with Gasteiger partial charge in [-0.05, 0) is 43.6 Å². The van der Waals surface area contributed by atoms with E-state index in [0.717, 1.165) is 32.5 Å². The first-order chi connectivity index (χ1) is 8.45. The SMILES string of the molecule is c1cc(CCNCCCn2ccnc2)ccn1. The number of hydrogen-bond acceptors (Lipinski definition) is 3. The fourth-order valence-electron chi connectivity index (χ4n) is 1.71. The Kier molecular flexibility index (Phi) is 4.72. The molecule has 0 unspecified atom stereocenters. The molecule has 0 saturated heterocycles. The molecular weight excluding hydrogens is 212 g/mol. The van der Waals surface area contributed by atoms with Gasteiger partial charge in [-0.2, -0.15) is 0 Å². The van der Waals surface area contributed by atoms with E-state index in [4.69, 9.17) is 0 Å². The molecule has 4 nitrogen and oxygen atoms in total. The van der Waals surface area contributed by atoms with Crippen LogP contribution in [-0.2, 0) is 13.0 Å². The van der Waals surface area contributed by atoms with Crippen molar-refractivity contribution < 1.29 is 0 Å². The Balaban J connectivity index is 1.52. The van der Waals surface area contributed by atoms with Crippen molar-refractivity contribution in [1.29, 1.82) is 0 Å². The lowest BCUT2D eigenvalue weighted by Crippen LogP contribution is -2.19. The molecule has 17 heavy (non-hydrogen) atoms. The van der Waals surface area contributed by atoms with Crippen molar-refractivity contribution in [3.63, 3.8) is 0 Å². The van der Waals surface area contributed by atoms with Crippen LogP contribution in [0.15, 0.2) is 43.2 Å². The second kappa shape index (κ2) is 6.81. The number of nitrogens with zero attached hydrogens (tertiary/aromatic N) is 3. The molecule has 0 aliphatic rings. The zero-order valence-corrected chi connectivity index (χ0v) is 9.92. The maximum absolute atomic E-state index is 4.01. The number of aryl methyl sites for hydroxylation is 1. The lowest BCUT2D eigenvalue weighted by Gasteiger charge is -2.05. The Morgan fingerprint density at radius 3 is 2.71 bits per heavy atom. The van der Waals surface area contributed by atoms with Crippen molar-refractivity contribution in [3.8, 4) is 0 Å². The van der Waals surface area contributed by atoms with E-state index < -0.39 is 0 Å². The standard InChI is InChI=1S/C13H18N4/c1(10-17-11-9-16-12-17)5-14-6-2-13-3-7-15-8-4-13/h3-4,7-9,11-12,14H,1-2,5-6,10H2. The summed E-state index contributed by atoms with van der Waals surface area (Å²) in [5, 5.41) is 3.44. The van der Waals surface area contributed by atoms with Crippen LogP contribution in [-0.4, -0.2) is 27.6 Å². The van der Waals surface area contributed by atoms with Crippen LogP contribution in [0.2, 0.25) is 0 Å². The Morgan fingerprint density at radius 1 is 1.06 bits per heavy atom. The van der Waals surface area contributed by atoms with Gasteiger partial charge in [-0.3, -0.25) is 4.98 Å². The first kappa shape index (κ1) is 11.8. The van der Waals surface area contributed by atoms with E-state index >= 15 is 0 Å². The summed E-state index contributed by atoms with van der Waals surface area (Å²) >= 11 is 0. The summed E-state index contributed by atoms with van der Waals surface area (Å²) in [5.41, 5.74) is 1.34. The first-order valence-corrected chi connectivity index (χ1v) is 6.00. The van der Waals surface area contributed by atoms with Crippen molar-refractivity contribution in [3.05, 3.63) is 48.8 Å². The molecule has 0 radical (unpaired) electrons. The molecule has 0 aliphatic heterocycles. The molecule has 0 atom stereocenters. The van der Waals surface area contributed by atoms with Crippen LogP contribution >= 0.6 is 0 Å². The maximum atomic E-state index is 4.01. The van der Waals surface area contributed by atoms with E-state index in [2.05, 4.69) is 32.0 Å². The Morgan fingerprint density at radius 2 is 1.94 bits per heavy atom. The highest BCUT2D eigenvalue weighted by atomic mass is 15.0. The van der Waals surface area contributed by atoms with Crippen LogP contribution in [0, 0.1) is 0 Å². The zero-order chi connectivity index (χ0) is 11.8. The molecule has 0 bridgehead atoms. The van der Waals surface area contributed by atoms with Gasteiger partial charge in [0.2, 0.25) is 0 Å². The maximum Gasteiger partial charge on any atom is 0.0945 e. The number of pyridine rings is 1. The van der Waals surface area contributed by atoms with Gasteiger partial charge < -0.3 is 9.88 Å². The molecule has 0 spiro atoms. The van der Waals surface area contributed by atoms with Crippen molar-refractivity contribution in [2.45, 2.75) is 19.4 Å². The average molecular weight is 230 g/mol. The van der Waals surface area contributed by atoms with Gasteiger partial charge in [0, 0.05) is 31.3 Å². The van der Waals surface area contributed by atoms with Gasteiger partial charge in [0.05, 0.1) is 6.33 Å². The molecule has 0 aliphatic carbocycles. The summed E-state index contributed by atoms with van der Waals surface area (Å²) in [7, 11) is 0. The summed E-state index contributed by atoms with van der Waals surface area (Å²) in [6, 6.07) is 4.13. The fraction of sp³-hybridized carbons (Fsp3) is 0.385. The zero-order valence-electron chi connectivity index (χ0n) is 9.92. The third-order valence-electron chi connectivity index (χ3n) is 2.67. The van der Waals surface area contributed by atoms with Gasteiger partial charge in [-0.15, -0.1) is 0 Å². The Bertz CT molecular complexity index is 397. The summed E-state index contributed by atoms with van der Waals surface area (Å²) in [4.78, 5) is 8.02. The van der Waals surface area contributed by atoms with Gasteiger partial charge in [-0.1, -0.05) is 0 Å². The number of imidazole rings is 1. The van der Waals surface area contributed by atoms with Gasteiger partial charge in [-0.25, -0.2) is 4.98 Å². The summed E-state index contributed by atoms with van der Waals surface area (Å²) in [5.74, 6) is 0. The predicted molar refractivity (Wildman–Crippen MR) is 67.7 cm³/mol. The molecule has 90 valence electrons. The third kappa shape index (κ3) is 4.36. The topological polar surface area (TPSA) is 42.7 Å². The fourth-order valence-corrected chi connectivity index (χ4v) is 1.71. The van der Waals surface area contributed by atoms with Crippen LogP contribution < -0.4 is 5.32 Å². The van der Waals surface area contributed by atoms with E-state index in [1.807, 2.05) is 31.1 Å². The van der Waals surface area contributed by atoms with Gasteiger partial charge in [0.25, 0.3) is 0 Å². The third-order valence-corrected chi connectivity index (χ3v) is 2.67. The minimum atomic E-state index is 1.02. The Labute approximate surface area is 102 Å². The van der Waals surface area contributed by atoms with Gasteiger partial charge in [0.15, 0.2) is 0 Å². The molecule has 1 N–H and O–H groups in total. The van der Waals surface area contributed by atoms with E-state index in [-0.39, 0.29) is 0 Å². The molecule has 0 amide bonds. The van der Waals surface area contributed by atoms with Crippen molar-refractivity contribution in [1.82, 2.24) is 19.9 Å². The number of hydrogen-bond donors (Lipinski definition) is 1. The number of nitrogens with one attached hydrogen (secondary N) is 1. The molecule has 0 aromatic carbocycles. The molecule has 0 fully saturated rings. The average Bonchev–Trinajstić information content (AvgIpc) is 2.88. The van der Waals surface area contributed by atoms with E-state index in [9.17, 15) is 0 Å². The minimum absolute atomic E-state index is 1.02. The van der Waals surface area contributed by atoms with E-state index in [1.165, 1.54) is 5.56 Å². The van der Waals surface area contributed by atoms with E-state index in [0.29, 0.717) is 0 Å². The normalized spacial score (nSPS) is 10.6. The summed E-state index contributed by atoms with van der Waals surface area (Å²) in [6.45, 7) is 3.10. The van der Waals surface area contributed by atoms with Crippen LogP contribution in [0.25, 0.3) is 0 Å². The smallest absolute Gasteiger partial charge is 0.0945 e. The molecule has 2 aromatic heterocycles. The van der Waals surface area contributed by atoms with Crippen LogP contribution in [0.3, 0.4) is 0 Å². The molecule has 2 heterocycles. The molecule has 0 saturated carbocycles. The van der Waals surface area contributed by atoms with Crippen molar-refractivity contribution in [2.75, 3.05) is 13.1 Å². The second-order valence-electron chi connectivity index (χ2n) is 4.01. The molecule has 2 aromatic rings. The first-order valence-electron chi connectivity index (χ1n) is 6.00. The van der Waals surface area contributed by atoms with Crippen LogP contribution in [0.5, 0.6) is 0 Å². The molecule has 4 heteroatoms. The largest absolute Gasteiger partial charge is 0.337 e. The highest BCUT2D eigenvalue weighted by molar-refractivity contribution is 5.09. The second-order valence-corrected chi connectivity index (χ2v) is 4.01. The highest BCUT2D eigenvalue weighted by Gasteiger charge is 1.93. The minimum Gasteiger partial charge on any atom is -0.337 e. The van der Waals surface area contributed by atoms with Gasteiger partial charge in [0.1, 0.15) is 0 Å².